The van der Waals surface area contributed by atoms with Crippen LogP contribution in [0, 0.1) is 22.7 Å². The SMILES string of the molecule is CC.N#CC/C(C#N)=C\c1cc(Br)c[nH]1. The Kier molecular flexibility index (Phi) is 7.05. The third-order valence-corrected chi connectivity index (χ3v) is 1.87. The third kappa shape index (κ3) is 5.05. The molecule has 0 unspecified atom stereocenters. The fourth-order valence-electron chi connectivity index (χ4n) is 0.863. The van der Waals surface area contributed by atoms with E-state index in [1.807, 2.05) is 32.1 Å². The van der Waals surface area contributed by atoms with Gasteiger partial charge in [-0.1, -0.05) is 13.8 Å². The van der Waals surface area contributed by atoms with Crippen molar-refractivity contribution >= 4 is 22.0 Å². The lowest BCUT2D eigenvalue weighted by Crippen LogP contribution is -1.77. The zero-order chi connectivity index (χ0) is 11.7. The number of nitrogens with one attached hydrogen (secondary N) is 1. The Morgan fingerprint density at radius 1 is 1.53 bits per heavy atom. The molecule has 4 heteroatoms. The van der Waals surface area contributed by atoms with Gasteiger partial charge in [0.15, 0.2) is 0 Å². The van der Waals surface area contributed by atoms with Crippen LogP contribution in [0.3, 0.4) is 0 Å². The molecule has 78 valence electrons. The maximum absolute atomic E-state index is 8.63. The summed E-state index contributed by atoms with van der Waals surface area (Å²) in [4.78, 5) is 2.94. The topological polar surface area (TPSA) is 63.4 Å². The van der Waals surface area contributed by atoms with E-state index in [1.165, 1.54) is 0 Å². The van der Waals surface area contributed by atoms with Gasteiger partial charge in [0.1, 0.15) is 0 Å². The summed E-state index contributed by atoms with van der Waals surface area (Å²) in [5.41, 5.74) is 1.27. The van der Waals surface area contributed by atoms with E-state index in [0.29, 0.717) is 5.57 Å². The number of hydrogen-bond acceptors (Lipinski definition) is 2. The minimum Gasteiger partial charge on any atom is -0.361 e. The molecule has 0 bridgehead atoms. The fraction of sp³-hybridized carbons (Fsp3) is 0.273. The highest BCUT2D eigenvalue weighted by Gasteiger charge is 1.97. The number of hydrogen-bond donors (Lipinski definition) is 1. The fourth-order valence-corrected chi connectivity index (χ4v) is 1.22. The number of nitrogens with zero attached hydrogens (tertiary/aromatic N) is 2. The lowest BCUT2D eigenvalue weighted by molar-refractivity contribution is 1.27. The van der Waals surface area contributed by atoms with Crippen LogP contribution in [0.5, 0.6) is 0 Å². The number of H-pyrrole nitrogens is 1. The molecular formula is C11H12BrN3. The average molecular weight is 266 g/mol. The van der Waals surface area contributed by atoms with Crippen molar-refractivity contribution in [3.63, 3.8) is 0 Å². The molecule has 0 saturated heterocycles. The van der Waals surface area contributed by atoms with Crippen molar-refractivity contribution in [2.45, 2.75) is 20.3 Å². The first-order valence-electron chi connectivity index (χ1n) is 4.58. The zero-order valence-electron chi connectivity index (χ0n) is 8.71. The van der Waals surface area contributed by atoms with E-state index in [4.69, 9.17) is 10.5 Å². The molecule has 0 radical (unpaired) electrons. The molecule has 1 heterocycles. The summed E-state index contributed by atoms with van der Waals surface area (Å²) in [6.07, 6.45) is 3.58. The molecule has 1 aromatic rings. The van der Waals surface area contributed by atoms with Gasteiger partial charge in [-0.2, -0.15) is 10.5 Å². The summed E-state index contributed by atoms with van der Waals surface area (Å²) >= 11 is 3.27. The number of rotatable bonds is 2. The predicted molar refractivity (Wildman–Crippen MR) is 63.7 cm³/mol. The van der Waals surface area contributed by atoms with Gasteiger partial charge in [0.25, 0.3) is 0 Å². The Balaban J connectivity index is 0.000000921. The number of aromatic amines is 1. The van der Waals surface area contributed by atoms with Gasteiger partial charge >= 0.3 is 0 Å². The van der Waals surface area contributed by atoms with Crippen molar-refractivity contribution in [2.24, 2.45) is 0 Å². The standard InChI is InChI=1S/C9H6BrN3.C2H6/c10-8-4-9(13-6-8)3-7(5-12)1-2-11;1-2/h3-4,6,13H,1H2;1-2H3/b7-3+;. The lowest BCUT2D eigenvalue weighted by atomic mass is 10.2. The van der Waals surface area contributed by atoms with E-state index >= 15 is 0 Å². The Labute approximate surface area is 98.2 Å². The van der Waals surface area contributed by atoms with Crippen LogP contribution in [-0.2, 0) is 0 Å². The number of allylic oxidation sites excluding steroid dienone is 1. The van der Waals surface area contributed by atoms with Crippen molar-refractivity contribution in [1.82, 2.24) is 4.98 Å². The Bertz CT molecular complexity index is 404. The Morgan fingerprint density at radius 3 is 2.60 bits per heavy atom. The van der Waals surface area contributed by atoms with Crippen LogP contribution in [0.4, 0.5) is 0 Å². The highest BCUT2D eigenvalue weighted by atomic mass is 79.9. The van der Waals surface area contributed by atoms with Crippen molar-refractivity contribution in [2.75, 3.05) is 0 Å². The second-order valence-corrected chi connectivity index (χ2v) is 3.31. The molecule has 0 aliphatic heterocycles. The molecule has 3 nitrogen and oxygen atoms in total. The number of halogens is 1. The van der Waals surface area contributed by atoms with Crippen molar-refractivity contribution in [3.05, 3.63) is 28.0 Å². The van der Waals surface area contributed by atoms with Crippen LogP contribution in [0.2, 0.25) is 0 Å². The molecule has 1 rings (SSSR count). The van der Waals surface area contributed by atoms with Crippen molar-refractivity contribution in [1.29, 1.82) is 10.5 Å². The van der Waals surface area contributed by atoms with Crippen molar-refractivity contribution < 1.29 is 0 Å². The van der Waals surface area contributed by atoms with E-state index in [1.54, 1.807) is 12.3 Å². The molecule has 0 aliphatic rings. The molecule has 0 aromatic carbocycles. The molecular weight excluding hydrogens is 254 g/mol. The van der Waals surface area contributed by atoms with Crippen LogP contribution in [-0.4, -0.2) is 4.98 Å². The van der Waals surface area contributed by atoms with Gasteiger partial charge in [-0.15, -0.1) is 0 Å². The second-order valence-electron chi connectivity index (χ2n) is 2.39. The smallest absolute Gasteiger partial charge is 0.0958 e. The average Bonchev–Trinajstić information content (AvgIpc) is 2.66. The molecule has 0 fully saturated rings. The summed E-state index contributed by atoms with van der Waals surface area (Å²) in [7, 11) is 0. The van der Waals surface area contributed by atoms with Crippen LogP contribution >= 0.6 is 15.9 Å². The van der Waals surface area contributed by atoms with E-state index in [2.05, 4.69) is 20.9 Å². The van der Waals surface area contributed by atoms with Gasteiger partial charge in [0.2, 0.25) is 0 Å². The maximum Gasteiger partial charge on any atom is 0.0958 e. The monoisotopic (exact) mass is 265 g/mol. The molecule has 0 amide bonds. The Hall–Kier alpha value is -1.52. The Morgan fingerprint density at radius 2 is 2.20 bits per heavy atom. The molecule has 0 saturated carbocycles. The summed E-state index contributed by atoms with van der Waals surface area (Å²) in [6, 6.07) is 5.74. The maximum atomic E-state index is 8.63. The molecule has 1 N–H and O–H groups in total. The normalized spacial score (nSPS) is 9.53. The minimum atomic E-state index is 0.146. The first kappa shape index (κ1) is 13.5. The largest absolute Gasteiger partial charge is 0.361 e. The number of nitriles is 2. The highest BCUT2D eigenvalue weighted by Crippen LogP contribution is 2.14. The minimum absolute atomic E-state index is 0.146. The van der Waals surface area contributed by atoms with Crippen LogP contribution < -0.4 is 0 Å². The van der Waals surface area contributed by atoms with Crippen LogP contribution in [0.1, 0.15) is 26.0 Å². The predicted octanol–water partition coefficient (Wildman–Crippen LogP) is 3.62. The summed E-state index contributed by atoms with van der Waals surface area (Å²) < 4.78 is 0.924. The van der Waals surface area contributed by atoms with Gasteiger partial charge in [-0.25, -0.2) is 0 Å². The van der Waals surface area contributed by atoms with Crippen LogP contribution in [0.15, 0.2) is 22.3 Å². The molecule has 0 aliphatic carbocycles. The van der Waals surface area contributed by atoms with Crippen LogP contribution in [0.25, 0.3) is 6.08 Å². The molecule has 0 atom stereocenters. The summed E-state index contributed by atoms with van der Waals surface area (Å²) in [5, 5.41) is 17.0. The van der Waals surface area contributed by atoms with Gasteiger partial charge in [-0.05, 0) is 28.1 Å². The van der Waals surface area contributed by atoms with E-state index in [0.717, 1.165) is 10.2 Å². The summed E-state index contributed by atoms with van der Waals surface area (Å²) in [5.74, 6) is 0. The van der Waals surface area contributed by atoms with Gasteiger partial charge < -0.3 is 4.98 Å². The first-order valence-corrected chi connectivity index (χ1v) is 5.37. The van der Waals surface area contributed by atoms with E-state index < -0.39 is 0 Å². The third-order valence-electron chi connectivity index (χ3n) is 1.41. The van der Waals surface area contributed by atoms with Gasteiger partial charge in [0, 0.05) is 21.9 Å². The van der Waals surface area contributed by atoms with Gasteiger partial charge in [-0.3, -0.25) is 0 Å². The molecule has 0 spiro atoms. The van der Waals surface area contributed by atoms with E-state index in [-0.39, 0.29) is 6.42 Å². The van der Waals surface area contributed by atoms with Gasteiger partial charge in [0.05, 0.1) is 18.6 Å². The quantitative estimate of drug-likeness (QED) is 0.831. The lowest BCUT2D eigenvalue weighted by Gasteiger charge is -1.87. The van der Waals surface area contributed by atoms with E-state index in [9.17, 15) is 0 Å². The van der Waals surface area contributed by atoms with Crippen molar-refractivity contribution in [3.8, 4) is 12.1 Å². The first-order chi connectivity index (χ1) is 7.26. The second kappa shape index (κ2) is 7.84. The highest BCUT2D eigenvalue weighted by molar-refractivity contribution is 9.10. The zero-order valence-corrected chi connectivity index (χ0v) is 10.3. The molecule has 1 aromatic heterocycles. The summed E-state index contributed by atoms with van der Waals surface area (Å²) in [6.45, 7) is 4.00. The molecule has 15 heavy (non-hydrogen) atoms. The number of aromatic nitrogens is 1.